The van der Waals surface area contributed by atoms with E-state index in [9.17, 15) is 13.2 Å². The van der Waals surface area contributed by atoms with Crippen molar-refractivity contribution in [2.24, 2.45) is 4.99 Å². The Labute approximate surface area is 91.6 Å². The average Bonchev–Trinajstić information content (AvgIpc) is 2.24. The lowest BCUT2D eigenvalue weighted by Crippen LogP contribution is -2.03. The van der Waals surface area contributed by atoms with Crippen LogP contribution in [0.25, 0.3) is 6.08 Å². The minimum Gasteiger partial charge on any atom is -0.239 e. The van der Waals surface area contributed by atoms with E-state index in [4.69, 9.17) is 0 Å². The highest BCUT2D eigenvalue weighted by Crippen LogP contribution is 2.29. The second-order valence-electron chi connectivity index (χ2n) is 3.02. The SMILES string of the molecule is C=CCN=C=Cc1ccc(C(F)(F)F)cc1. The third-order valence-corrected chi connectivity index (χ3v) is 1.78. The van der Waals surface area contributed by atoms with Crippen LogP contribution in [0.15, 0.2) is 41.9 Å². The molecule has 0 N–H and O–H groups in total. The molecule has 0 aliphatic rings. The normalized spacial score (nSPS) is 10.4. The van der Waals surface area contributed by atoms with Gasteiger partial charge in [0.25, 0.3) is 0 Å². The average molecular weight is 225 g/mol. The number of nitrogens with zero attached hydrogens (tertiary/aromatic N) is 1. The van der Waals surface area contributed by atoms with E-state index in [1.54, 1.807) is 6.08 Å². The van der Waals surface area contributed by atoms with E-state index < -0.39 is 11.7 Å². The predicted octanol–water partition coefficient (Wildman–Crippen LogP) is 3.57. The number of rotatable bonds is 3. The van der Waals surface area contributed by atoms with E-state index in [2.05, 4.69) is 17.4 Å². The van der Waals surface area contributed by atoms with Crippen LogP contribution in [-0.2, 0) is 6.18 Å². The summed E-state index contributed by atoms with van der Waals surface area (Å²) in [7, 11) is 0. The molecule has 0 saturated carbocycles. The molecule has 0 amide bonds. The van der Waals surface area contributed by atoms with Crippen molar-refractivity contribution in [2.45, 2.75) is 6.18 Å². The molecule has 0 aliphatic carbocycles. The summed E-state index contributed by atoms with van der Waals surface area (Å²) in [4.78, 5) is 3.81. The van der Waals surface area contributed by atoms with Crippen LogP contribution in [0.1, 0.15) is 11.1 Å². The quantitative estimate of drug-likeness (QED) is 0.550. The van der Waals surface area contributed by atoms with Crippen LogP contribution in [-0.4, -0.2) is 12.4 Å². The van der Waals surface area contributed by atoms with Crippen molar-refractivity contribution < 1.29 is 13.2 Å². The van der Waals surface area contributed by atoms with Gasteiger partial charge >= 0.3 is 6.18 Å². The van der Waals surface area contributed by atoms with E-state index in [0.29, 0.717) is 12.1 Å². The number of hydrogen-bond donors (Lipinski definition) is 0. The highest BCUT2D eigenvalue weighted by molar-refractivity contribution is 5.77. The first-order valence-corrected chi connectivity index (χ1v) is 4.57. The fourth-order valence-electron chi connectivity index (χ4n) is 1.01. The Morgan fingerprint density at radius 1 is 1.25 bits per heavy atom. The lowest BCUT2D eigenvalue weighted by molar-refractivity contribution is -0.137. The molecule has 0 unspecified atom stereocenters. The van der Waals surface area contributed by atoms with Gasteiger partial charge in [-0.1, -0.05) is 18.2 Å². The molecule has 0 atom stereocenters. The first-order chi connectivity index (χ1) is 7.54. The first kappa shape index (κ1) is 12.3. The Morgan fingerprint density at radius 2 is 1.88 bits per heavy atom. The van der Waals surface area contributed by atoms with Gasteiger partial charge in [0.1, 0.15) is 0 Å². The van der Waals surface area contributed by atoms with Gasteiger partial charge in [0, 0.05) is 6.08 Å². The highest BCUT2D eigenvalue weighted by Gasteiger charge is 2.29. The molecule has 0 aromatic heterocycles. The van der Waals surface area contributed by atoms with Crippen LogP contribution in [0, 0.1) is 0 Å². The molecule has 0 heterocycles. The van der Waals surface area contributed by atoms with E-state index in [0.717, 1.165) is 12.1 Å². The molecule has 0 bridgehead atoms. The van der Waals surface area contributed by atoms with Crippen LogP contribution >= 0.6 is 0 Å². The summed E-state index contributed by atoms with van der Waals surface area (Å²) in [6, 6.07) is 4.81. The van der Waals surface area contributed by atoms with Crippen LogP contribution in [0.5, 0.6) is 0 Å². The minimum absolute atomic E-state index is 0.442. The topological polar surface area (TPSA) is 12.4 Å². The van der Waals surface area contributed by atoms with Gasteiger partial charge < -0.3 is 0 Å². The summed E-state index contributed by atoms with van der Waals surface area (Å²) >= 11 is 0. The molecule has 1 aromatic rings. The Balaban J connectivity index is 2.80. The first-order valence-electron chi connectivity index (χ1n) is 4.57. The minimum atomic E-state index is -4.29. The molecule has 1 nitrogen and oxygen atoms in total. The number of alkyl halides is 3. The van der Waals surface area contributed by atoms with Crippen molar-refractivity contribution >= 4 is 11.9 Å². The van der Waals surface area contributed by atoms with Crippen LogP contribution in [0.3, 0.4) is 0 Å². The number of halogens is 3. The maximum absolute atomic E-state index is 12.2. The van der Waals surface area contributed by atoms with Crippen molar-refractivity contribution in [2.75, 3.05) is 6.54 Å². The smallest absolute Gasteiger partial charge is 0.239 e. The van der Waals surface area contributed by atoms with Gasteiger partial charge in [0.15, 0.2) is 0 Å². The molecule has 1 aromatic carbocycles. The number of benzene rings is 1. The zero-order valence-electron chi connectivity index (χ0n) is 8.46. The molecule has 4 heteroatoms. The maximum Gasteiger partial charge on any atom is 0.416 e. The second kappa shape index (κ2) is 5.33. The van der Waals surface area contributed by atoms with Crippen molar-refractivity contribution in [1.82, 2.24) is 0 Å². The molecule has 0 spiro atoms. The Morgan fingerprint density at radius 3 is 2.38 bits per heavy atom. The molecule has 1 rings (SSSR count). The van der Waals surface area contributed by atoms with Crippen LogP contribution in [0.2, 0.25) is 0 Å². The van der Waals surface area contributed by atoms with Gasteiger partial charge in [-0.15, -0.1) is 6.58 Å². The summed E-state index contributed by atoms with van der Waals surface area (Å²) in [5, 5.41) is 0. The molecule has 0 saturated heterocycles. The Kier molecular flexibility index (Phi) is 4.09. The lowest BCUT2D eigenvalue weighted by Gasteiger charge is -2.05. The van der Waals surface area contributed by atoms with Crippen LogP contribution < -0.4 is 0 Å². The summed E-state index contributed by atoms with van der Waals surface area (Å²) in [6.45, 7) is 3.91. The van der Waals surface area contributed by atoms with Gasteiger partial charge in [-0.05, 0) is 23.6 Å². The Hall–Kier alpha value is -1.80. The molecular formula is C12H10F3N. The molecule has 0 aliphatic heterocycles. The van der Waals surface area contributed by atoms with E-state index in [1.807, 2.05) is 0 Å². The Bertz CT molecular complexity index is 409. The lowest BCUT2D eigenvalue weighted by atomic mass is 10.1. The van der Waals surface area contributed by atoms with Gasteiger partial charge in [-0.2, -0.15) is 13.2 Å². The van der Waals surface area contributed by atoms with Crippen LogP contribution in [0.4, 0.5) is 13.2 Å². The summed E-state index contributed by atoms with van der Waals surface area (Å²) < 4.78 is 36.6. The third-order valence-electron chi connectivity index (χ3n) is 1.78. The van der Waals surface area contributed by atoms with Crippen molar-refractivity contribution in [3.63, 3.8) is 0 Å². The van der Waals surface area contributed by atoms with Crippen molar-refractivity contribution in [3.8, 4) is 0 Å². The number of aliphatic imine (C=N–C) groups is 1. The van der Waals surface area contributed by atoms with E-state index in [1.165, 1.54) is 18.2 Å². The van der Waals surface area contributed by atoms with Gasteiger partial charge in [-0.25, -0.2) is 4.99 Å². The standard InChI is InChI=1S/C12H10F3N/c1-2-8-16-9-7-10-3-5-11(6-4-10)12(13,14)15/h2-7H,1,8H2. The summed E-state index contributed by atoms with van der Waals surface area (Å²) in [6.07, 6.45) is -1.17. The van der Waals surface area contributed by atoms with Gasteiger partial charge in [0.2, 0.25) is 0 Å². The van der Waals surface area contributed by atoms with Crippen molar-refractivity contribution in [1.29, 1.82) is 0 Å². The molecule has 0 fully saturated rings. The zero-order chi connectivity index (χ0) is 12.0. The van der Waals surface area contributed by atoms with E-state index in [-0.39, 0.29) is 0 Å². The second-order valence-corrected chi connectivity index (χ2v) is 3.02. The molecule has 0 radical (unpaired) electrons. The van der Waals surface area contributed by atoms with E-state index >= 15 is 0 Å². The molecule has 84 valence electrons. The predicted molar refractivity (Wildman–Crippen MR) is 58.4 cm³/mol. The third kappa shape index (κ3) is 3.75. The largest absolute Gasteiger partial charge is 0.416 e. The number of hydrogen-bond acceptors (Lipinski definition) is 1. The molecular weight excluding hydrogens is 215 g/mol. The zero-order valence-corrected chi connectivity index (χ0v) is 8.46. The monoisotopic (exact) mass is 225 g/mol. The summed E-state index contributed by atoms with van der Waals surface area (Å²) in [5.74, 6) is 2.61. The molecule has 16 heavy (non-hydrogen) atoms. The van der Waals surface area contributed by atoms with Crippen molar-refractivity contribution in [3.05, 3.63) is 48.0 Å². The fourth-order valence-corrected chi connectivity index (χ4v) is 1.01. The van der Waals surface area contributed by atoms with Gasteiger partial charge in [0.05, 0.1) is 12.1 Å². The van der Waals surface area contributed by atoms with Gasteiger partial charge in [-0.3, -0.25) is 0 Å². The fraction of sp³-hybridized carbons (Fsp3) is 0.167. The maximum atomic E-state index is 12.2. The highest BCUT2D eigenvalue weighted by atomic mass is 19.4. The summed E-state index contributed by atoms with van der Waals surface area (Å²) in [5.41, 5.74) is -0.0338.